The Hall–Kier alpha value is -1.78. The van der Waals surface area contributed by atoms with Crippen LogP contribution in [0.4, 0.5) is 0 Å². The lowest BCUT2D eigenvalue weighted by atomic mass is 10.2. The van der Waals surface area contributed by atoms with Gasteiger partial charge in [0.25, 0.3) is 0 Å². The molecule has 5 heteroatoms. The summed E-state index contributed by atoms with van der Waals surface area (Å²) in [5.74, 6) is 1.54. The molecule has 0 aliphatic carbocycles. The molecule has 0 fully saturated rings. The Morgan fingerprint density at radius 1 is 1.11 bits per heavy atom. The van der Waals surface area contributed by atoms with Crippen molar-refractivity contribution in [1.29, 1.82) is 0 Å². The first-order valence-corrected chi connectivity index (χ1v) is 6.26. The van der Waals surface area contributed by atoms with Gasteiger partial charge in [-0.3, -0.25) is 4.98 Å². The summed E-state index contributed by atoms with van der Waals surface area (Å²) in [6.07, 6.45) is 1.67. The average Bonchev–Trinajstić information content (AvgIpc) is 2.86. The molecule has 1 aromatic heterocycles. The lowest BCUT2D eigenvalue weighted by molar-refractivity contribution is 0.104. The van der Waals surface area contributed by atoms with Crippen LogP contribution in [0.25, 0.3) is 0 Å². The zero-order valence-electron chi connectivity index (χ0n) is 10.1. The second-order valence-electron chi connectivity index (χ2n) is 4.15. The minimum absolute atomic E-state index is 0.284. The molecular weight excluding hydrogens is 266 g/mol. The zero-order valence-corrected chi connectivity index (χ0v) is 10.9. The van der Waals surface area contributed by atoms with Gasteiger partial charge in [0.05, 0.1) is 18.9 Å². The third-order valence-electron chi connectivity index (χ3n) is 2.73. The molecule has 2 heterocycles. The first-order valence-electron chi connectivity index (χ1n) is 5.88. The van der Waals surface area contributed by atoms with E-state index >= 15 is 0 Å². The van der Waals surface area contributed by atoms with Crippen LogP contribution in [0.15, 0.2) is 36.5 Å². The van der Waals surface area contributed by atoms with Crippen LogP contribution in [-0.4, -0.2) is 11.8 Å². The number of ether oxygens (including phenoxy) is 3. The predicted octanol–water partition coefficient (Wildman–Crippen LogP) is 3.18. The highest BCUT2D eigenvalue weighted by Gasteiger charge is 2.12. The molecule has 98 valence electrons. The van der Waals surface area contributed by atoms with E-state index in [0.717, 1.165) is 22.8 Å². The van der Waals surface area contributed by atoms with Gasteiger partial charge in [0.1, 0.15) is 0 Å². The van der Waals surface area contributed by atoms with Crippen molar-refractivity contribution in [2.24, 2.45) is 0 Å². The minimum atomic E-state index is 0.284. The van der Waals surface area contributed by atoms with E-state index in [0.29, 0.717) is 18.2 Å². The molecule has 4 nitrogen and oxygen atoms in total. The van der Waals surface area contributed by atoms with Gasteiger partial charge in [0.2, 0.25) is 6.79 Å². The SMILES string of the molecule is Clc1ccnc(COCc2ccc3c(c2)OCO3)c1. The molecule has 0 amide bonds. The molecule has 3 rings (SSSR count). The van der Waals surface area contributed by atoms with E-state index in [1.165, 1.54) is 0 Å². The normalized spacial score (nSPS) is 12.7. The number of aromatic nitrogens is 1. The van der Waals surface area contributed by atoms with Gasteiger partial charge >= 0.3 is 0 Å². The molecule has 0 unspecified atom stereocenters. The Balaban J connectivity index is 1.58. The fourth-order valence-electron chi connectivity index (χ4n) is 1.83. The third kappa shape index (κ3) is 2.97. The maximum Gasteiger partial charge on any atom is 0.231 e. The van der Waals surface area contributed by atoms with Gasteiger partial charge in [-0.2, -0.15) is 0 Å². The lowest BCUT2D eigenvalue weighted by Gasteiger charge is -2.05. The van der Waals surface area contributed by atoms with Crippen LogP contribution < -0.4 is 9.47 Å². The van der Waals surface area contributed by atoms with Crippen LogP contribution in [0, 0.1) is 0 Å². The molecule has 1 aliphatic heterocycles. The molecule has 0 saturated heterocycles. The smallest absolute Gasteiger partial charge is 0.231 e. The second-order valence-corrected chi connectivity index (χ2v) is 4.58. The van der Waals surface area contributed by atoms with E-state index in [9.17, 15) is 0 Å². The maximum atomic E-state index is 5.88. The molecule has 2 aromatic rings. The van der Waals surface area contributed by atoms with Gasteiger partial charge in [0.15, 0.2) is 11.5 Å². The molecule has 0 spiro atoms. The highest BCUT2D eigenvalue weighted by molar-refractivity contribution is 6.30. The molecule has 0 bridgehead atoms. The Morgan fingerprint density at radius 3 is 2.89 bits per heavy atom. The largest absolute Gasteiger partial charge is 0.454 e. The van der Waals surface area contributed by atoms with Crippen LogP contribution in [-0.2, 0) is 18.0 Å². The van der Waals surface area contributed by atoms with E-state index < -0.39 is 0 Å². The molecular formula is C14H12ClNO3. The topological polar surface area (TPSA) is 40.6 Å². The Morgan fingerprint density at radius 2 is 2.00 bits per heavy atom. The Bertz CT molecular complexity index is 589. The summed E-state index contributed by atoms with van der Waals surface area (Å²) in [6.45, 7) is 1.20. The number of fused-ring (bicyclic) bond motifs is 1. The van der Waals surface area contributed by atoms with Crippen LogP contribution in [0.5, 0.6) is 11.5 Å². The number of pyridine rings is 1. The highest BCUT2D eigenvalue weighted by atomic mass is 35.5. The summed E-state index contributed by atoms with van der Waals surface area (Å²) in [5, 5.41) is 0.664. The van der Waals surface area contributed by atoms with Gasteiger partial charge in [-0.1, -0.05) is 17.7 Å². The predicted molar refractivity (Wildman–Crippen MR) is 70.3 cm³/mol. The standard InChI is InChI=1S/C14H12ClNO3/c15-11-3-4-16-12(6-11)8-17-7-10-1-2-13-14(5-10)19-9-18-13/h1-6H,7-9H2. The van der Waals surface area contributed by atoms with Crippen molar-refractivity contribution in [3.63, 3.8) is 0 Å². The number of halogens is 1. The fourth-order valence-corrected chi connectivity index (χ4v) is 2.01. The number of nitrogens with zero attached hydrogens (tertiary/aromatic N) is 1. The van der Waals surface area contributed by atoms with Crippen molar-refractivity contribution >= 4 is 11.6 Å². The van der Waals surface area contributed by atoms with Gasteiger partial charge in [-0.25, -0.2) is 0 Å². The van der Waals surface area contributed by atoms with E-state index in [4.69, 9.17) is 25.8 Å². The van der Waals surface area contributed by atoms with E-state index in [1.54, 1.807) is 18.3 Å². The minimum Gasteiger partial charge on any atom is -0.454 e. The first-order chi connectivity index (χ1) is 9.31. The van der Waals surface area contributed by atoms with Crippen LogP contribution >= 0.6 is 11.6 Å². The summed E-state index contributed by atoms with van der Waals surface area (Å²) >= 11 is 5.88. The molecule has 0 saturated carbocycles. The average molecular weight is 278 g/mol. The lowest BCUT2D eigenvalue weighted by Crippen LogP contribution is -1.96. The first kappa shape index (κ1) is 12.3. The molecule has 1 aromatic carbocycles. The number of hydrogen-bond acceptors (Lipinski definition) is 4. The summed E-state index contributed by atoms with van der Waals surface area (Å²) < 4.78 is 16.2. The Labute approximate surface area is 115 Å². The number of rotatable bonds is 4. The van der Waals surface area contributed by atoms with Crippen molar-refractivity contribution in [3.8, 4) is 11.5 Å². The summed E-state index contributed by atoms with van der Waals surface area (Å²) in [4.78, 5) is 4.17. The van der Waals surface area contributed by atoms with E-state index in [-0.39, 0.29) is 6.79 Å². The van der Waals surface area contributed by atoms with Crippen molar-refractivity contribution in [3.05, 3.63) is 52.8 Å². The van der Waals surface area contributed by atoms with Gasteiger partial charge in [0, 0.05) is 11.2 Å². The quantitative estimate of drug-likeness (QED) is 0.861. The molecule has 0 N–H and O–H groups in total. The maximum absolute atomic E-state index is 5.88. The van der Waals surface area contributed by atoms with Crippen molar-refractivity contribution < 1.29 is 14.2 Å². The van der Waals surface area contributed by atoms with Gasteiger partial charge < -0.3 is 14.2 Å². The molecule has 1 aliphatic rings. The monoisotopic (exact) mass is 277 g/mol. The van der Waals surface area contributed by atoms with Crippen molar-refractivity contribution in [1.82, 2.24) is 4.98 Å². The van der Waals surface area contributed by atoms with Gasteiger partial charge in [-0.15, -0.1) is 0 Å². The summed E-state index contributed by atoms with van der Waals surface area (Å²) in [6, 6.07) is 9.30. The van der Waals surface area contributed by atoms with Gasteiger partial charge in [-0.05, 0) is 29.8 Å². The third-order valence-corrected chi connectivity index (χ3v) is 2.97. The molecule has 19 heavy (non-hydrogen) atoms. The summed E-state index contributed by atoms with van der Waals surface area (Å²) in [7, 11) is 0. The highest BCUT2D eigenvalue weighted by Crippen LogP contribution is 2.32. The second kappa shape index (κ2) is 5.47. The van der Waals surface area contributed by atoms with Crippen molar-refractivity contribution in [2.75, 3.05) is 6.79 Å². The van der Waals surface area contributed by atoms with E-state index in [2.05, 4.69) is 4.98 Å². The fraction of sp³-hybridized carbons (Fsp3) is 0.214. The zero-order chi connectivity index (χ0) is 13.1. The van der Waals surface area contributed by atoms with Crippen LogP contribution in [0.1, 0.15) is 11.3 Å². The number of hydrogen-bond donors (Lipinski definition) is 0. The molecule has 0 atom stereocenters. The Kier molecular flexibility index (Phi) is 3.53. The van der Waals surface area contributed by atoms with Crippen LogP contribution in [0.3, 0.4) is 0 Å². The van der Waals surface area contributed by atoms with E-state index in [1.807, 2.05) is 18.2 Å². The summed E-state index contributed by atoms with van der Waals surface area (Å²) in [5.41, 5.74) is 1.85. The van der Waals surface area contributed by atoms with Crippen molar-refractivity contribution in [2.45, 2.75) is 13.2 Å². The van der Waals surface area contributed by atoms with Crippen LogP contribution in [0.2, 0.25) is 5.02 Å². The molecule has 0 radical (unpaired) electrons. The number of benzene rings is 1.